The van der Waals surface area contributed by atoms with Crippen LogP contribution in [0.5, 0.6) is 11.5 Å². The van der Waals surface area contributed by atoms with Crippen LogP contribution in [0.25, 0.3) is 17.1 Å². The number of aromatic hydroxyl groups is 2. The number of nitrogen functional groups attached to an aromatic ring is 1. The number of benzene rings is 2. The van der Waals surface area contributed by atoms with Crippen molar-refractivity contribution in [1.82, 2.24) is 19.8 Å². The van der Waals surface area contributed by atoms with Crippen LogP contribution in [0, 0.1) is 0 Å². The number of aliphatic carboxylic acids is 2. The van der Waals surface area contributed by atoms with Gasteiger partial charge in [-0.3, -0.25) is 14.5 Å². The van der Waals surface area contributed by atoms with Crippen molar-refractivity contribution >= 4 is 74.8 Å². The van der Waals surface area contributed by atoms with Gasteiger partial charge in [-0.2, -0.15) is 0 Å². The van der Waals surface area contributed by atoms with E-state index < -0.39 is 46.5 Å². The zero-order valence-corrected chi connectivity index (χ0v) is 28.9. The summed E-state index contributed by atoms with van der Waals surface area (Å²) in [5, 5.41) is 46.5. The third-order valence-electron chi connectivity index (χ3n) is 8.23. The predicted molar refractivity (Wildman–Crippen MR) is 187 cm³/mol. The number of nitrogens with two attached hydrogens (primary N) is 1. The van der Waals surface area contributed by atoms with Gasteiger partial charge >= 0.3 is 11.9 Å². The van der Waals surface area contributed by atoms with Gasteiger partial charge in [-0.1, -0.05) is 41.6 Å². The van der Waals surface area contributed by atoms with E-state index in [1.165, 1.54) is 43.1 Å². The minimum absolute atomic E-state index is 0.0106. The van der Waals surface area contributed by atoms with Gasteiger partial charge in [0.1, 0.15) is 29.4 Å². The van der Waals surface area contributed by atoms with Crippen LogP contribution in [0.2, 0.25) is 0 Å². The Balaban J connectivity index is 1.16. The van der Waals surface area contributed by atoms with Crippen molar-refractivity contribution in [3.8, 4) is 11.5 Å². The van der Waals surface area contributed by atoms with Gasteiger partial charge in [0.15, 0.2) is 33.4 Å². The van der Waals surface area contributed by atoms with Crippen molar-refractivity contribution in [2.45, 2.75) is 37.4 Å². The number of oxime groups is 1. The number of amides is 2. The molecule has 2 amide bonds. The number of carbonyl (C=O) groups excluding carboxylic acids is 2. The number of imidazole rings is 1. The molecule has 7 N–H and O–H groups in total. The van der Waals surface area contributed by atoms with E-state index in [0.717, 1.165) is 38.4 Å². The number of thiazole rings is 1. The second kappa shape index (κ2) is 13.4. The van der Waals surface area contributed by atoms with E-state index in [4.69, 9.17) is 10.6 Å². The molecule has 0 saturated carbocycles. The monoisotopic (exact) mass is 734 g/mol. The fourth-order valence-electron chi connectivity index (χ4n) is 5.43. The summed E-state index contributed by atoms with van der Waals surface area (Å²) in [5.74, 6) is -4.34. The summed E-state index contributed by atoms with van der Waals surface area (Å²) in [6.45, 7) is 2.97. The first-order chi connectivity index (χ1) is 24.1. The third-order valence-corrected chi connectivity index (χ3v) is 10.2. The highest BCUT2D eigenvalue weighted by molar-refractivity contribution is 8.00. The van der Waals surface area contributed by atoms with Crippen LogP contribution in [-0.2, 0) is 37.6 Å². The molecule has 4 aromatic rings. The van der Waals surface area contributed by atoms with Crippen LogP contribution in [0.1, 0.15) is 30.7 Å². The Morgan fingerprint density at radius 3 is 2.51 bits per heavy atom. The lowest BCUT2D eigenvalue weighted by Crippen LogP contribution is -2.71. The average molecular weight is 735 g/mol. The van der Waals surface area contributed by atoms with Gasteiger partial charge in [0.2, 0.25) is 11.9 Å². The highest BCUT2D eigenvalue weighted by Crippen LogP contribution is 2.41. The Morgan fingerprint density at radius 1 is 1.16 bits per heavy atom. The molecule has 1 saturated heterocycles. The Morgan fingerprint density at radius 2 is 1.86 bits per heavy atom. The summed E-state index contributed by atoms with van der Waals surface area (Å²) >= 11 is 2.29. The van der Waals surface area contributed by atoms with E-state index in [-0.39, 0.29) is 33.8 Å². The fraction of sp³-hybridized carbons (Fsp3) is 0.242. The predicted octanol–water partition coefficient (Wildman–Crippen LogP) is 2.00. The van der Waals surface area contributed by atoms with Crippen molar-refractivity contribution in [2.24, 2.45) is 12.2 Å². The lowest BCUT2D eigenvalue weighted by molar-refractivity contribution is -0.645. The molecule has 18 heteroatoms. The molecule has 4 heterocycles. The first-order valence-electron chi connectivity index (χ1n) is 15.2. The lowest BCUT2D eigenvalue weighted by atomic mass is 10.0. The number of carboxylic acids is 2. The molecule has 0 unspecified atom stereocenters. The van der Waals surface area contributed by atoms with Gasteiger partial charge in [0.25, 0.3) is 11.8 Å². The number of rotatable bonds is 11. The molecule has 2 aliphatic heterocycles. The van der Waals surface area contributed by atoms with E-state index in [1.807, 2.05) is 46.8 Å². The van der Waals surface area contributed by atoms with Crippen LogP contribution in [-0.4, -0.2) is 87.1 Å². The van der Waals surface area contributed by atoms with E-state index in [1.54, 1.807) is 12.2 Å². The minimum atomic E-state index is -1.78. The zero-order valence-electron chi connectivity index (χ0n) is 27.3. The summed E-state index contributed by atoms with van der Waals surface area (Å²) in [6, 6.07) is 9.49. The number of hydrogen-bond donors (Lipinski definition) is 6. The number of fused-ring (bicyclic) bond motifs is 2. The van der Waals surface area contributed by atoms with Crippen molar-refractivity contribution in [2.75, 3.05) is 11.5 Å². The maximum absolute atomic E-state index is 13.3. The van der Waals surface area contributed by atoms with Crippen LogP contribution in [0.4, 0.5) is 5.13 Å². The molecule has 51 heavy (non-hydrogen) atoms. The molecule has 0 radical (unpaired) electrons. The molecule has 2 aromatic carbocycles. The largest absolute Gasteiger partial charge is 0.504 e. The number of carbonyl (C=O) groups is 4. The molecule has 2 aromatic heterocycles. The van der Waals surface area contributed by atoms with Crippen LogP contribution >= 0.6 is 23.1 Å². The molecule has 264 valence electrons. The molecule has 2 aliphatic rings. The molecule has 0 bridgehead atoms. The smallest absolute Gasteiger partial charge is 0.352 e. The normalized spacial score (nSPS) is 17.8. The number of anilines is 1. The van der Waals surface area contributed by atoms with Gasteiger partial charge in [-0.15, -0.1) is 23.1 Å². The minimum Gasteiger partial charge on any atom is -0.504 e. The summed E-state index contributed by atoms with van der Waals surface area (Å²) in [5.41, 5.74) is 7.00. The number of aryl methyl sites for hydroxylation is 1. The van der Waals surface area contributed by atoms with E-state index in [0.29, 0.717) is 12.1 Å². The third kappa shape index (κ3) is 6.82. The Kier molecular flexibility index (Phi) is 9.22. The number of β-lactam (4-membered cyclic amide) rings is 1. The van der Waals surface area contributed by atoms with E-state index in [9.17, 15) is 39.6 Å². The first-order valence-corrected chi connectivity index (χ1v) is 17.2. The maximum atomic E-state index is 13.3. The van der Waals surface area contributed by atoms with Crippen molar-refractivity contribution < 1.29 is 49.0 Å². The highest BCUT2D eigenvalue weighted by Gasteiger charge is 2.54. The molecule has 6 rings (SSSR count). The topological polar surface area (TPSA) is 234 Å². The standard InChI is InChI=1S/C33H31N7O9S2/c1-33(2,31(47)48)49-37-24(19-14-51-32(34)35-19)27(43)36-25-28(44)40-26(30(45)46)18(13-50-29(25)40)9-8-16-4-6-17(7-5-16)12-39-15-38(3)20-10-22(41)23(42)11-21(20)39/h4-11,14-15,25,29H,12-13H2,1-3H3,(H6-,34,35,36,37,41,42,43,45,46,47,48)/p+1/b9-8-/t25-,29-/m1/s1. The summed E-state index contributed by atoms with van der Waals surface area (Å²) < 4.78 is 3.78. The van der Waals surface area contributed by atoms with Gasteiger partial charge in [0.05, 0.1) is 7.05 Å². The number of aromatic nitrogens is 3. The SMILES string of the molecule is C[n+]1cn(Cc2ccc(/C=C\C3=C(C(=O)O)N4C(=O)[C@@H](NC(=O)/C(=N\OC(C)(C)C(=O)O)c5csc(N)n5)[C@H]4SC3)cc2)c2cc(O)c(O)cc21. The van der Waals surface area contributed by atoms with Crippen molar-refractivity contribution in [3.05, 3.63) is 82.3 Å². The van der Waals surface area contributed by atoms with Crippen LogP contribution in [0.15, 0.2) is 70.6 Å². The second-order valence-electron chi connectivity index (χ2n) is 12.2. The maximum Gasteiger partial charge on any atom is 0.352 e. The lowest BCUT2D eigenvalue weighted by Gasteiger charge is -2.49. The van der Waals surface area contributed by atoms with Crippen molar-refractivity contribution in [3.63, 3.8) is 0 Å². The Hall–Kier alpha value is -5.88. The number of phenolic OH excluding ortho intramolecular Hbond substituents is 2. The van der Waals surface area contributed by atoms with E-state index in [2.05, 4.69) is 15.5 Å². The highest BCUT2D eigenvalue weighted by atomic mass is 32.2. The number of hydrogen-bond acceptors (Lipinski definition) is 12. The number of thioether (sulfide) groups is 1. The molecular weight excluding hydrogens is 703 g/mol. The molecule has 2 atom stereocenters. The molecule has 1 fully saturated rings. The molecule has 16 nitrogen and oxygen atoms in total. The zero-order chi connectivity index (χ0) is 36.8. The average Bonchev–Trinajstić information content (AvgIpc) is 3.64. The number of carboxylic acid groups (broad SMARTS) is 2. The van der Waals surface area contributed by atoms with Gasteiger partial charge in [-0.25, -0.2) is 23.7 Å². The number of phenols is 2. The van der Waals surface area contributed by atoms with Gasteiger partial charge in [0, 0.05) is 23.3 Å². The number of nitrogens with one attached hydrogen (secondary N) is 1. The summed E-state index contributed by atoms with van der Waals surface area (Å²) in [6.07, 6.45) is 5.26. The Bertz CT molecular complexity index is 2190. The Labute approximate surface area is 297 Å². The van der Waals surface area contributed by atoms with Crippen LogP contribution in [0.3, 0.4) is 0 Å². The van der Waals surface area contributed by atoms with Crippen molar-refractivity contribution in [1.29, 1.82) is 0 Å². The summed E-state index contributed by atoms with van der Waals surface area (Å²) in [7, 11) is 1.84. The number of nitrogens with zero attached hydrogens (tertiary/aromatic N) is 5. The second-order valence-corrected chi connectivity index (χ2v) is 14.2. The van der Waals surface area contributed by atoms with Gasteiger partial charge < -0.3 is 36.3 Å². The number of allylic oxidation sites excluding steroid dienone is 1. The molecule has 0 spiro atoms. The quantitative estimate of drug-likeness (QED) is 0.0427. The first kappa shape index (κ1) is 35.0. The molecular formula is C33H32N7O9S2+. The fourth-order valence-corrected chi connectivity index (χ4v) is 7.30. The summed E-state index contributed by atoms with van der Waals surface area (Å²) in [4.78, 5) is 60.8. The molecule has 0 aliphatic carbocycles. The van der Waals surface area contributed by atoms with Crippen LogP contribution < -0.4 is 15.6 Å². The van der Waals surface area contributed by atoms with E-state index >= 15 is 0 Å². The van der Waals surface area contributed by atoms with Gasteiger partial charge in [-0.05, 0) is 30.5 Å².